The molecule has 1 aromatic carbocycles. The second kappa shape index (κ2) is 8.30. The zero-order valence-corrected chi connectivity index (χ0v) is 20.1. The topological polar surface area (TPSA) is 127 Å². The summed E-state index contributed by atoms with van der Waals surface area (Å²) in [4.78, 5) is 22.0. The molecule has 5 aromatic heterocycles. The molecule has 10 heteroatoms. The molecule has 0 fully saturated rings. The number of hydrogen-bond acceptors (Lipinski definition) is 8. The standard InChI is InChI=1S/C27H22N8O2/c1-14(2)30-17-9-16(11-28-12-17)19-4-5-20-24(31-19)25(35-34-20)27-32-23-18(7-8-29-26(23)33-27)15-3-6-21-22(10-15)37-13-36-21/h3-12,14,30H,13H2,1-2H3,(H,34,35)(H,29,32,33). The second-order valence-electron chi connectivity index (χ2n) is 9.14. The smallest absolute Gasteiger partial charge is 0.231 e. The van der Waals surface area contributed by atoms with Crippen molar-refractivity contribution in [2.45, 2.75) is 19.9 Å². The summed E-state index contributed by atoms with van der Waals surface area (Å²) < 4.78 is 11.0. The zero-order chi connectivity index (χ0) is 24.9. The molecule has 0 saturated heterocycles. The van der Waals surface area contributed by atoms with E-state index in [2.05, 4.69) is 44.3 Å². The number of fused-ring (bicyclic) bond motifs is 3. The summed E-state index contributed by atoms with van der Waals surface area (Å²) in [5.41, 5.74) is 8.09. The van der Waals surface area contributed by atoms with Crippen LogP contribution in [0.3, 0.4) is 0 Å². The van der Waals surface area contributed by atoms with E-state index in [-0.39, 0.29) is 6.79 Å². The van der Waals surface area contributed by atoms with E-state index in [0.29, 0.717) is 28.7 Å². The Kier molecular flexibility index (Phi) is 4.78. The van der Waals surface area contributed by atoms with Crippen molar-refractivity contribution in [3.8, 4) is 45.4 Å². The van der Waals surface area contributed by atoms with Crippen LogP contribution in [0.2, 0.25) is 0 Å². The van der Waals surface area contributed by atoms with Gasteiger partial charge in [-0.1, -0.05) is 6.07 Å². The van der Waals surface area contributed by atoms with Gasteiger partial charge >= 0.3 is 0 Å². The Morgan fingerprint density at radius 1 is 0.919 bits per heavy atom. The predicted molar refractivity (Wildman–Crippen MR) is 140 cm³/mol. The van der Waals surface area contributed by atoms with Crippen molar-refractivity contribution in [3.63, 3.8) is 0 Å². The number of hydrogen-bond donors (Lipinski definition) is 3. The van der Waals surface area contributed by atoms with Crippen LogP contribution in [-0.2, 0) is 0 Å². The highest BCUT2D eigenvalue weighted by atomic mass is 16.7. The van der Waals surface area contributed by atoms with Gasteiger partial charge in [0, 0.05) is 35.8 Å². The third kappa shape index (κ3) is 3.70. The van der Waals surface area contributed by atoms with E-state index in [1.54, 1.807) is 6.20 Å². The molecule has 3 N–H and O–H groups in total. The van der Waals surface area contributed by atoms with Gasteiger partial charge in [0.1, 0.15) is 11.0 Å². The van der Waals surface area contributed by atoms with E-state index in [1.807, 2.05) is 54.9 Å². The lowest BCUT2D eigenvalue weighted by Crippen LogP contribution is -2.09. The summed E-state index contributed by atoms with van der Waals surface area (Å²) in [6.07, 6.45) is 5.38. The molecule has 0 aliphatic carbocycles. The molecule has 0 radical (unpaired) electrons. The molecule has 7 rings (SSSR count). The van der Waals surface area contributed by atoms with E-state index < -0.39 is 0 Å². The highest BCUT2D eigenvalue weighted by molar-refractivity contribution is 5.95. The molecular weight excluding hydrogens is 468 g/mol. The van der Waals surface area contributed by atoms with E-state index in [9.17, 15) is 0 Å². The summed E-state index contributed by atoms with van der Waals surface area (Å²) in [6.45, 7) is 4.41. The number of nitrogens with one attached hydrogen (secondary N) is 3. The number of nitrogens with zero attached hydrogens (tertiary/aromatic N) is 5. The first-order chi connectivity index (χ1) is 18.1. The van der Waals surface area contributed by atoms with Crippen molar-refractivity contribution in [3.05, 3.63) is 61.1 Å². The molecule has 10 nitrogen and oxygen atoms in total. The lowest BCUT2D eigenvalue weighted by Gasteiger charge is -2.10. The van der Waals surface area contributed by atoms with Crippen LogP contribution in [0.5, 0.6) is 11.5 Å². The Balaban J connectivity index is 1.31. The maximum atomic E-state index is 5.56. The van der Waals surface area contributed by atoms with Gasteiger partial charge in [-0.15, -0.1) is 0 Å². The molecule has 0 bridgehead atoms. The van der Waals surface area contributed by atoms with Crippen LogP contribution in [0.15, 0.2) is 61.1 Å². The van der Waals surface area contributed by atoms with Gasteiger partial charge < -0.3 is 19.8 Å². The predicted octanol–water partition coefficient (Wildman–Crippen LogP) is 5.17. The van der Waals surface area contributed by atoms with Gasteiger partial charge in [0.15, 0.2) is 28.7 Å². The van der Waals surface area contributed by atoms with Crippen molar-refractivity contribution in [2.24, 2.45) is 0 Å². The Labute approximate surface area is 211 Å². The van der Waals surface area contributed by atoms with Gasteiger partial charge in [0.25, 0.3) is 0 Å². The largest absolute Gasteiger partial charge is 0.454 e. The molecule has 0 spiro atoms. The average molecular weight is 491 g/mol. The number of aromatic amines is 2. The SMILES string of the molecule is CC(C)Nc1cncc(-c2ccc3[nH]nc(-c4nc5c(-c6ccc7c(c6)OCO7)ccnc5[nH]4)c3n2)c1. The Morgan fingerprint density at radius 2 is 1.84 bits per heavy atom. The number of benzene rings is 1. The Bertz CT molecular complexity index is 1790. The average Bonchev–Trinajstić information content (AvgIpc) is 3.65. The molecule has 1 aliphatic rings. The summed E-state index contributed by atoms with van der Waals surface area (Å²) in [5.74, 6) is 2.04. The van der Waals surface area contributed by atoms with Crippen LogP contribution in [0.4, 0.5) is 5.69 Å². The van der Waals surface area contributed by atoms with Crippen LogP contribution >= 0.6 is 0 Å². The van der Waals surface area contributed by atoms with Crippen LogP contribution < -0.4 is 14.8 Å². The fourth-order valence-corrected chi connectivity index (χ4v) is 4.54. The molecular formula is C27H22N8O2. The molecule has 0 atom stereocenters. The summed E-state index contributed by atoms with van der Waals surface area (Å²) >= 11 is 0. The van der Waals surface area contributed by atoms with E-state index in [4.69, 9.17) is 19.4 Å². The Hall–Kier alpha value is -4.99. The van der Waals surface area contributed by atoms with Gasteiger partial charge in [-0.3, -0.25) is 10.1 Å². The lowest BCUT2D eigenvalue weighted by atomic mass is 10.1. The van der Waals surface area contributed by atoms with Gasteiger partial charge in [-0.2, -0.15) is 5.10 Å². The molecule has 1 aliphatic heterocycles. The normalized spacial score (nSPS) is 12.6. The minimum Gasteiger partial charge on any atom is -0.454 e. The number of H-pyrrole nitrogens is 2. The van der Waals surface area contributed by atoms with Crippen molar-refractivity contribution < 1.29 is 9.47 Å². The van der Waals surface area contributed by atoms with Crippen LogP contribution in [0.25, 0.3) is 56.1 Å². The summed E-state index contributed by atoms with van der Waals surface area (Å²) in [6, 6.07) is 14.1. The van der Waals surface area contributed by atoms with E-state index in [0.717, 1.165) is 50.6 Å². The lowest BCUT2D eigenvalue weighted by molar-refractivity contribution is 0.174. The van der Waals surface area contributed by atoms with E-state index in [1.165, 1.54) is 0 Å². The molecule has 0 saturated carbocycles. The minimum absolute atomic E-state index is 0.229. The number of pyridine rings is 3. The first kappa shape index (κ1) is 21.3. The molecule has 6 aromatic rings. The number of rotatable bonds is 5. The van der Waals surface area contributed by atoms with Crippen molar-refractivity contribution in [2.75, 3.05) is 12.1 Å². The molecule has 0 unspecified atom stereocenters. The number of anilines is 1. The summed E-state index contributed by atoms with van der Waals surface area (Å²) in [5, 5.41) is 11.0. The quantitative estimate of drug-likeness (QED) is 0.302. The van der Waals surface area contributed by atoms with Crippen LogP contribution in [0.1, 0.15) is 13.8 Å². The van der Waals surface area contributed by atoms with Gasteiger partial charge in [0.05, 0.1) is 16.9 Å². The van der Waals surface area contributed by atoms with Gasteiger partial charge in [-0.05, 0) is 55.8 Å². The highest BCUT2D eigenvalue weighted by Crippen LogP contribution is 2.38. The number of imidazole rings is 1. The third-order valence-corrected chi connectivity index (χ3v) is 6.19. The number of aromatic nitrogens is 7. The Morgan fingerprint density at radius 3 is 2.76 bits per heavy atom. The van der Waals surface area contributed by atoms with Crippen molar-refractivity contribution in [1.82, 2.24) is 35.1 Å². The third-order valence-electron chi connectivity index (χ3n) is 6.19. The highest BCUT2D eigenvalue weighted by Gasteiger charge is 2.19. The van der Waals surface area contributed by atoms with Gasteiger partial charge in [-0.25, -0.2) is 15.0 Å². The van der Waals surface area contributed by atoms with Gasteiger partial charge in [0.2, 0.25) is 6.79 Å². The summed E-state index contributed by atoms with van der Waals surface area (Å²) in [7, 11) is 0. The molecule has 37 heavy (non-hydrogen) atoms. The van der Waals surface area contributed by atoms with Crippen LogP contribution in [-0.4, -0.2) is 48.0 Å². The number of ether oxygens (including phenoxy) is 2. The molecule has 182 valence electrons. The maximum Gasteiger partial charge on any atom is 0.231 e. The first-order valence-electron chi connectivity index (χ1n) is 11.9. The minimum atomic E-state index is 0.229. The van der Waals surface area contributed by atoms with Crippen molar-refractivity contribution in [1.29, 1.82) is 0 Å². The fraction of sp³-hybridized carbons (Fsp3) is 0.148. The maximum absolute atomic E-state index is 5.56. The van der Waals surface area contributed by atoms with Crippen LogP contribution in [0, 0.1) is 0 Å². The fourth-order valence-electron chi connectivity index (χ4n) is 4.54. The second-order valence-corrected chi connectivity index (χ2v) is 9.14. The zero-order valence-electron chi connectivity index (χ0n) is 20.1. The van der Waals surface area contributed by atoms with E-state index >= 15 is 0 Å². The molecule has 6 heterocycles. The molecule has 0 amide bonds. The monoisotopic (exact) mass is 490 g/mol. The van der Waals surface area contributed by atoms with Crippen molar-refractivity contribution >= 4 is 27.9 Å². The first-order valence-corrected chi connectivity index (χ1v) is 11.9.